The van der Waals surface area contributed by atoms with Gasteiger partial charge in [0.2, 0.25) is 0 Å². The predicted molar refractivity (Wildman–Crippen MR) is 82.5 cm³/mol. The van der Waals surface area contributed by atoms with Crippen molar-refractivity contribution < 1.29 is 0 Å². The van der Waals surface area contributed by atoms with Crippen LogP contribution in [0.1, 0.15) is 5.56 Å². The topological polar surface area (TPSA) is 129 Å². The van der Waals surface area contributed by atoms with Crippen molar-refractivity contribution in [3.63, 3.8) is 0 Å². The van der Waals surface area contributed by atoms with Crippen molar-refractivity contribution in [2.24, 2.45) is 0 Å². The highest BCUT2D eigenvalue weighted by Crippen LogP contribution is 2.24. The monoisotopic (exact) mass is 302 g/mol. The van der Waals surface area contributed by atoms with Crippen LogP contribution in [0.5, 0.6) is 0 Å². The summed E-state index contributed by atoms with van der Waals surface area (Å²) in [6, 6.07) is 13.4. The maximum atomic E-state index is 11.1. The third kappa shape index (κ3) is 3.41. The van der Waals surface area contributed by atoms with Crippen molar-refractivity contribution in [3.8, 4) is 29.5 Å². The molecule has 0 aliphatic carbocycles. The quantitative estimate of drug-likeness (QED) is 0.834. The fourth-order valence-electron chi connectivity index (χ4n) is 1.84. The number of aromatic nitrogens is 2. The van der Waals surface area contributed by atoms with Gasteiger partial charge in [-0.25, -0.2) is 5.10 Å². The van der Waals surface area contributed by atoms with Gasteiger partial charge in [0.05, 0.1) is 5.69 Å². The number of anilines is 1. The summed E-state index contributed by atoms with van der Waals surface area (Å²) in [6.07, 6.45) is 0. The number of aromatic amines is 1. The minimum Gasteiger partial charge on any atom is -0.345 e. The van der Waals surface area contributed by atoms with Gasteiger partial charge in [-0.15, -0.1) is 0 Å². The molecular weight excluding hydrogens is 292 g/mol. The fraction of sp³-hybridized carbons (Fsp3) is 0.0625. The molecule has 0 aliphatic heterocycles. The van der Waals surface area contributed by atoms with E-state index in [4.69, 9.17) is 15.8 Å². The predicted octanol–water partition coefficient (Wildman–Crippen LogP) is 1.98. The van der Waals surface area contributed by atoms with Crippen LogP contribution in [0.25, 0.3) is 11.3 Å². The van der Waals surface area contributed by atoms with E-state index in [1.807, 2.05) is 13.0 Å². The molecule has 2 rings (SSSR count). The summed E-state index contributed by atoms with van der Waals surface area (Å²) in [5.41, 5.74) is 1.93. The van der Waals surface area contributed by atoms with E-state index in [0.717, 1.165) is 5.56 Å². The lowest BCUT2D eigenvalue weighted by molar-refractivity contribution is 0.995. The van der Waals surface area contributed by atoms with Crippen LogP contribution in [-0.4, -0.2) is 10.2 Å². The van der Waals surface area contributed by atoms with E-state index in [-0.39, 0.29) is 16.8 Å². The highest BCUT2D eigenvalue weighted by Gasteiger charge is 2.09. The molecule has 23 heavy (non-hydrogen) atoms. The number of H-pyrrole nitrogens is 1. The number of allylic oxidation sites excluding steroid dienone is 2. The Morgan fingerprint density at radius 3 is 2.43 bits per heavy atom. The van der Waals surface area contributed by atoms with Crippen molar-refractivity contribution in [3.05, 3.63) is 57.5 Å². The molecule has 0 atom stereocenters. The molecule has 7 nitrogen and oxygen atoms in total. The zero-order valence-electron chi connectivity index (χ0n) is 12.1. The van der Waals surface area contributed by atoms with Gasteiger partial charge in [0.25, 0.3) is 5.56 Å². The summed E-state index contributed by atoms with van der Waals surface area (Å²) in [7, 11) is 0. The Hall–Kier alpha value is -3.89. The summed E-state index contributed by atoms with van der Waals surface area (Å²) >= 11 is 0. The lowest BCUT2D eigenvalue weighted by Crippen LogP contribution is -2.06. The number of aryl methyl sites for hydroxylation is 1. The Labute approximate surface area is 131 Å². The Morgan fingerprint density at radius 2 is 1.87 bits per heavy atom. The first-order valence-corrected chi connectivity index (χ1v) is 6.47. The molecule has 0 saturated heterocycles. The molecule has 0 bridgehead atoms. The zero-order valence-corrected chi connectivity index (χ0v) is 12.1. The molecule has 0 saturated carbocycles. The van der Waals surface area contributed by atoms with Crippen LogP contribution < -0.4 is 10.9 Å². The van der Waals surface area contributed by atoms with Gasteiger partial charge in [-0.1, -0.05) is 12.1 Å². The molecule has 7 heteroatoms. The Kier molecular flexibility index (Phi) is 4.52. The minimum absolute atomic E-state index is 0.121. The fourth-order valence-corrected chi connectivity index (χ4v) is 1.84. The second-order valence-electron chi connectivity index (χ2n) is 4.55. The molecule has 1 heterocycles. The normalized spacial score (nSPS) is 9.13. The second kappa shape index (κ2) is 6.71. The SMILES string of the molecule is Cc1ccc(-c2ccc(=O)[nH]n2)cc1NC(C#N)=C(C#N)C#N. The highest BCUT2D eigenvalue weighted by molar-refractivity contribution is 5.70. The molecule has 0 radical (unpaired) electrons. The Morgan fingerprint density at radius 1 is 1.13 bits per heavy atom. The molecule has 0 amide bonds. The van der Waals surface area contributed by atoms with Crippen molar-refractivity contribution >= 4 is 5.69 Å². The van der Waals surface area contributed by atoms with Gasteiger partial charge in [0.1, 0.15) is 23.9 Å². The summed E-state index contributed by atoms with van der Waals surface area (Å²) in [5, 5.41) is 35.9. The van der Waals surface area contributed by atoms with Gasteiger partial charge in [0, 0.05) is 17.3 Å². The van der Waals surface area contributed by atoms with Crippen LogP contribution in [0.2, 0.25) is 0 Å². The average molecular weight is 302 g/mol. The first-order chi connectivity index (χ1) is 11.1. The maximum absolute atomic E-state index is 11.1. The van der Waals surface area contributed by atoms with Crippen LogP contribution in [0.15, 0.2) is 46.4 Å². The van der Waals surface area contributed by atoms with Crippen molar-refractivity contribution in [2.75, 3.05) is 5.32 Å². The number of nitriles is 3. The first-order valence-electron chi connectivity index (χ1n) is 6.47. The molecule has 0 aliphatic rings. The van der Waals surface area contributed by atoms with Crippen LogP contribution in [0.3, 0.4) is 0 Å². The van der Waals surface area contributed by atoms with Crippen molar-refractivity contribution in [1.82, 2.24) is 10.2 Å². The third-order valence-corrected chi connectivity index (χ3v) is 3.06. The van der Waals surface area contributed by atoms with Crippen LogP contribution in [-0.2, 0) is 0 Å². The Balaban J connectivity index is 2.47. The number of rotatable bonds is 3. The number of hydrogen-bond donors (Lipinski definition) is 2. The number of nitrogens with one attached hydrogen (secondary N) is 2. The van der Waals surface area contributed by atoms with Gasteiger partial charge in [-0.2, -0.15) is 20.9 Å². The molecular formula is C16H10N6O. The Bertz CT molecular complexity index is 929. The van der Waals surface area contributed by atoms with Gasteiger partial charge in [-0.05, 0) is 24.6 Å². The molecule has 0 fully saturated rings. The second-order valence-corrected chi connectivity index (χ2v) is 4.55. The zero-order chi connectivity index (χ0) is 16.8. The summed E-state index contributed by atoms with van der Waals surface area (Å²) in [4.78, 5) is 11.1. The standard InChI is InChI=1S/C16H10N6O/c1-10-2-3-11(13-4-5-16(23)22-21-13)6-14(10)20-15(9-19)12(7-17)8-18/h2-6,20H,1H3,(H,22,23). The highest BCUT2D eigenvalue weighted by atomic mass is 16.1. The smallest absolute Gasteiger partial charge is 0.264 e. The van der Waals surface area contributed by atoms with E-state index in [1.165, 1.54) is 6.07 Å². The van der Waals surface area contributed by atoms with Gasteiger partial charge < -0.3 is 5.32 Å². The van der Waals surface area contributed by atoms with Crippen LogP contribution in [0.4, 0.5) is 5.69 Å². The van der Waals surface area contributed by atoms with Crippen LogP contribution >= 0.6 is 0 Å². The first kappa shape index (κ1) is 15.5. The molecule has 2 N–H and O–H groups in total. The van der Waals surface area contributed by atoms with Crippen molar-refractivity contribution in [2.45, 2.75) is 6.92 Å². The van der Waals surface area contributed by atoms with Gasteiger partial charge >= 0.3 is 0 Å². The number of hydrogen-bond acceptors (Lipinski definition) is 6. The molecule has 0 spiro atoms. The lowest BCUT2D eigenvalue weighted by Gasteiger charge is -2.10. The van der Waals surface area contributed by atoms with Crippen LogP contribution in [0, 0.1) is 40.9 Å². The molecule has 1 aromatic carbocycles. The van der Waals surface area contributed by atoms with E-state index in [0.29, 0.717) is 16.9 Å². The molecule has 0 unspecified atom stereocenters. The number of benzene rings is 1. The van der Waals surface area contributed by atoms with Crippen molar-refractivity contribution in [1.29, 1.82) is 15.8 Å². The van der Waals surface area contributed by atoms with E-state index in [1.54, 1.807) is 36.4 Å². The van der Waals surface area contributed by atoms with Gasteiger partial charge in [0.15, 0.2) is 5.57 Å². The van der Waals surface area contributed by atoms with E-state index in [9.17, 15) is 4.79 Å². The van der Waals surface area contributed by atoms with Gasteiger partial charge in [-0.3, -0.25) is 4.79 Å². The average Bonchev–Trinajstić information content (AvgIpc) is 2.57. The maximum Gasteiger partial charge on any atom is 0.264 e. The lowest BCUT2D eigenvalue weighted by atomic mass is 10.1. The summed E-state index contributed by atoms with van der Waals surface area (Å²) in [5.74, 6) is 0. The van der Waals surface area contributed by atoms with E-state index < -0.39 is 0 Å². The minimum atomic E-state index is -0.304. The third-order valence-electron chi connectivity index (χ3n) is 3.06. The molecule has 110 valence electrons. The summed E-state index contributed by atoms with van der Waals surface area (Å²) in [6.45, 7) is 1.82. The van der Waals surface area contributed by atoms with E-state index >= 15 is 0 Å². The van der Waals surface area contributed by atoms with E-state index in [2.05, 4.69) is 15.5 Å². The molecule has 1 aromatic heterocycles. The largest absolute Gasteiger partial charge is 0.345 e. The molecule has 2 aromatic rings. The summed E-state index contributed by atoms with van der Waals surface area (Å²) < 4.78 is 0. The number of nitrogens with zero attached hydrogens (tertiary/aromatic N) is 4.